The quantitative estimate of drug-likeness (QED) is 0.705. The van der Waals surface area contributed by atoms with Crippen molar-refractivity contribution in [2.75, 3.05) is 5.32 Å². The fourth-order valence-electron chi connectivity index (χ4n) is 1.93. The van der Waals surface area contributed by atoms with E-state index < -0.39 is 26.7 Å². The molecule has 0 aromatic carbocycles. The summed E-state index contributed by atoms with van der Waals surface area (Å²) in [4.78, 5) is 13.0. The molecular weight excluding hydrogens is 274 g/mol. The van der Waals surface area contributed by atoms with E-state index in [1.54, 1.807) is 14.0 Å². The van der Waals surface area contributed by atoms with Gasteiger partial charge < -0.3 is 0 Å². The van der Waals surface area contributed by atoms with Crippen LogP contribution in [0.25, 0.3) is 0 Å². The molecule has 1 aromatic rings. The Bertz CT molecular complexity index is 592. The first kappa shape index (κ1) is 13.9. The standard InChI is InChI=1S/C9H15N5O4S/c1-6(5-9(3-4-9)19(16,17)18)7(15)10-8-11-13-14(2)12-8/h6H,3-5H2,1-2H3,(H,10,12,15)(H,16,17,18). The van der Waals surface area contributed by atoms with E-state index in [2.05, 4.69) is 20.7 Å². The molecular formula is C9H15N5O4S. The fraction of sp³-hybridized carbons (Fsp3) is 0.778. The van der Waals surface area contributed by atoms with Crippen molar-refractivity contribution < 1.29 is 17.8 Å². The van der Waals surface area contributed by atoms with Crippen LogP contribution in [0.5, 0.6) is 0 Å². The van der Waals surface area contributed by atoms with Crippen LogP contribution in [0.2, 0.25) is 0 Å². The van der Waals surface area contributed by atoms with Crippen molar-refractivity contribution in [2.45, 2.75) is 30.9 Å². The van der Waals surface area contributed by atoms with E-state index in [0.29, 0.717) is 12.8 Å². The van der Waals surface area contributed by atoms with E-state index in [9.17, 15) is 13.2 Å². The lowest BCUT2D eigenvalue weighted by molar-refractivity contribution is -0.119. The Balaban J connectivity index is 1.97. The molecule has 1 aliphatic carbocycles. The molecule has 0 saturated heterocycles. The topological polar surface area (TPSA) is 127 Å². The van der Waals surface area contributed by atoms with Crippen molar-refractivity contribution in [1.29, 1.82) is 0 Å². The first-order valence-corrected chi connectivity index (χ1v) is 7.19. The highest BCUT2D eigenvalue weighted by Crippen LogP contribution is 2.47. The van der Waals surface area contributed by atoms with Crippen LogP contribution in [0.3, 0.4) is 0 Å². The molecule has 0 aliphatic heterocycles. The summed E-state index contributed by atoms with van der Waals surface area (Å²) in [7, 11) is -2.56. The summed E-state index contributed by atoms with van der Waals surface area (Å²) in [6, 6.07) is 0. The molecule has 2 rings (SSSR count). The Morgan fingerprint density at radius 2 is 2.21 bits per heavy atom. The molecule has 1 aromatic heterocycles. The second kappa shape index (κ2) is 4.53. The summed E-state index contributed by atoms with van der Waals surface area (Å²) in [5.74, 6) is -0.910. The van der Waals surface area contributed by atoms with Crippen LogP contribution >= 0.6 is 0 Å². The Morgan fingerprint density at radius 3 is 2.63 bits per heavy atom. The van der Waals surface area contributed by atoms with Gasteiger partial charge in [0.1, 0.15) is 0 Å². The highest BCUT2D eigenvalue weighted by molar-refractivity contribution is 7.87. The summed E-state index contributed by atoms with van der Waals surface area (Å²) in [5.41, 5.74) is 0. The Labute approximate surface area is 110 Å². The molecule has 1 amide bonds. The summed E-state index contributed by atoms with van der Waals surface area (Å²) in [5, 5.41) is 13.4. The number of amides is 1. The number of hydrogen-bond donors (Lipinski definition) is 2. The molecule has 19 heavy (non-hydrogen) atoms. The SMILES string of the molecule is CC(CC1(S(=O)(=O)O)CC1)C(=O)Nc1nnn(C)n1. The summed E-state index contributed by atoms with van der Waals surface area (Å²) in [6.07, 6.45) is 0.845. The average Bonchev–Trinajstić information content (AvgIpc) is 2.96. The molecule has 0 bridgehead atoms. The largest absolute Gasteiger partial charge is 0.292 e. The van der Waals surface area contributed by atoms with E-state index in [0.717, 1.165) is 0 Å². The number of nitrogens with zero attached hydrogens (tertiary/aromatic N) is 4. The van der Waals surface area contributed by atoms with E-state index in [-0.39, 0.29) is 12.4 Å². The molecule has 1 aliphatic rings. The lowest BCUT2D eigenvalue weighted by Gasteiger charge is -2.16. The maximum Gasteiger partial charge on any atom is 0.270 e. The highest BCUT2D eigenvalue weighted by atomic mass is 32.2. The van der Waals surface area contributed by atoms with Crippen molar-refractivity contribution in [3.05, 3.63) is 0 Å². The van der Waals surface area contributed by atoms with Crippen molar-refractivity contribution >= 4 is 22.0 Å². The van der Waals surface area contributed by atoms with Crippen LogP contribution in [0.4, 0.5) is 5.95 Å². The number of nitrogens with one attached hydrogen (secondary N) is 1. The number of aryl methyl sites for hydroxylation is 1. The van der Waals surface area contributed by atoms with Crippen molar-refractivity contribution in [3.8, 4) is 0 Å². The van der Waals surface area contributed by atoms with E-state index in [1.165, 1.54) is 4.80 Å². The predicted molar refractivity (Wildman–Crippen MR) is 64.7 cm³/mol. The van der Waals surface area contributed by atoms with Gasteiger partial charge in [0.15, 0.2) is 0 Å². The Morgan fingerprint density at radius 1 is 1.58 bits per heavy atom. The number of anilines is 1. The van der Waals surface area contributed by atoms with Gasteiger partial charge in [-0.15, -0.1) is 5.10 Å². The first-order valence-electron chi connectivity index (χ1n) is 5.75. The van der Waals surface area contributed by atoms with Gasteiger partial charge in [-0.3, -0.25) is 14.7 Å². The third-order valence-electron chi connectivity index (χ3n) is 3.22. The molecule has 10 heteroatoms. The maximum absolute atomic E-state index is 11.8. The van der Waals surface area contributed by atoms with Crippen molar-refractivity contribution in [3.63, 3.8) is 0 Å². The van der Waals surface area contributed by atoms with Gasteiger partial charge in [-0.2, -0.15) is 13.2 Å². The number of tetrazole rings is 1. The minimum atomic E-state index is -4.12. The number of aromatic nitrogens is 4. The Kier molecular flexibility index (Phi) is 3.31. The van der Waals surface area contributed by atoms with Gasteiger partial charge >= 0.3 is 0 Å². The smallest absolute Gasteiger partial charge is 0.270 e. The van der Waals surface area contributed by atoms with Crippen LogP contribution in [0.15, 0.2) is 0 Å². The van der Waals surface area contributed by atoms with Gasteiger partial charge in [0.2, 0.25) is 5.91 Å². The molecule has 2 N–H and O–H groups in total. The van der Waals surface area contributed by atoms with Crippen molar-refractivity contribution in [1.82, 2.24) is 20.2 Å². The first-order chi connectivity index (χ1) is 8.73. The van der Waals surface area contributed by atoms with Gasteiger partial charge in [-0.25, -0.2) is 0 Å². The predicted octanol–water partition coefficient (Wildman–Crippen LogP) is -0.405. The third-order valence-corrected chi connectivity index (χ3v) is 4.89. The molecule has 9 nitrogen and oxygen atoms in total. The maximum atomic E-state index is 11.8. The van der Waals surface area contributed by atoms with E-state index >= 15 is 0 Å². The average molecular weight is 289 g/mol. The van der Waals surface area contributed by atoms with Crippen LogP contribution < -0.4 is 5.32 Å². The molecule has 1 unspecified atom stereocenters. The Hall–Kier alpha value is -1.55. The lowest BCUT2D eigenvalue weighted by Crippen LogP contribution is -2.30. The van der Waals surface area contributed by atoms with Crippen LogP contribution in [-0.2, 0) is 22.0 Å². The second-order valence-electron chi connectivity index (χ2n) is 4.85. The molecule has 0 radical (unpaired) electrons. The zero-order chi connectivity index (χ0) is 14.3. The molecule has 1 heterocycles. The second-order valence-corrected chi connectivity index (χ2v) is 6.67. The van der Waals surface area contributed by atoms with Crippen LogP contribution in [0.1, 0.15) is 26.2 Å². The van der Waals surface area contributed by atoms with Crippen LogP contribution in [-0.4, -0.2) is 43.8 Å². The minimum absolute atomic E-state index is 0.0658. The number of rotatable bonds is 5. The lowest BCUT2D eigenvalue weighted by atomic mass is 10.0. The van der Waals surface area contributed by atoms with Gasteiger partial charge in [-0.1, -0.05) is 12.0 Å². The normalized spacial score (nSPS) is 18.9. The van der Waals surface area contributed by atoms with Crippen molar-refractivity contribution in [2.24, 2.45) is 13.0 Å². The summed E-state index contributed by atoms with van der Waals surface area (Å²) >= 11 is 0. The molecule has 0 spiro atoms. The minimum Gasteiger partial charge on any atom is -0.292 e. The zero-order valence-electron chi connectivity index (χ0n) is 10.6. The van der Waals surface area contributed by atoms with Gasteiger partial charge in [-0.05, 0) is 24.5 Å². The zero-order valence-corrected chi connectivity index (χ0v) is 11.4. The van der Waals surface area contributed by atoms with Gasteiger partial charge in [0.05, 0.1) is 11.8 Å². The number of carbonyl (C=O) groups is 1. The molecule has 106 valence electrons. The van der Waals surface area contributed by atoms with Gasteiger partial charge in [0, 0.05) is 5.92 Å². The summed E-state index contributed by atoms with van der Waals surface area (Å²) in [6.45, 7) is 1.59. The fourth-order valence-corrected chi connectivity index (χ4v) is 3.00. The molecule has 1 atom stereocenters. The van der Waals surface area contributed by atoms with E-state index in [1.807, 2.05) is 0 Å². The number of hydrogen-bond acceptors (Lipinski definition) is 6. The van der Waals surface area contributed by atoms with Gasteiger partial charge in [0.25, 0.3) is 16.1 Å². The number of carbonyl (C=O) groups excluding carboxylic acids is 1. The molecule has 1 fully saturated rings. The monoisotopic (exact) mass is 289 g/mol. The molecule has 1 saturated carbocycles. The highest BCUT2D eigenvalue weighted by Gasteiger charge is 2.55. The van der Waals surface area contributed by atoms with E-state index in [4.69, 9.17) is 4.55 Å². The third kappa shape index (κ3) is 2.89. The van der Waals surface area contributed by atoms with Crippen LogP contribution in [0, 0.1) is 5.92 Å². The summed E-state index contributed by atoms with van der Waals surface area (Å²) < 4.78 is 30.4.